The number of H-pyrrole nitrogens is 1. The molecule has 1 aliphatic heterocycles. The van der Waals surface area contributed by atoms with Crippen LogP contribution in [0.1, 0.15) is 38.3 Å². The van der Waals surface area contributed by atoms with E-state index in [0.717, 1.165) is 29.3 Å². The molecule has 1 aromatic carbocycles. The van der Waals surface area contributed by atoms with E-state index in [1.165, 1.54) is 0 Å². The SMILES string of the molecule is CC1CC(Oc2n[nH]c3cc(NC(=O)N[C@H](C)c4ccccc4)ncc23)CCO1. The van der Waals surface area contributed by atoms with Crippen LogP contribution in [0.2, 0.25) is 0 Å². The summed E-state index contributed by atoms with van der Waals surface area (Å²) >= 11 is 0. The van der Waals surface area contributed by atoms with Crippen molar-refractivity contribution in [3.63, 3.8) is 0 Å². The van der Waals surface area contributed by atoms with Gasteiger partial charge in [-0.3, -0.25) is 10.4 Å². The summed E-state index contributed by atoms with van der Waals surface area (Å²) in [6, 6.07) is 11.1. The zero-order chi connectivity index (χ0) is 20.2. The van der Waals surface area contributed by atoms with E-state index in [9.17, 15) is 4.79 Å². The molecule has 4 rings (SSSR count). The zero-order valence-corrected chi connectivity index (χ0v) is 16.5. The van der Waals surface area contributed by atoms with Crippen molar-refractivity contribution in [2.75, 3.05) is 11.9 Å². The van der Waals surface area contributed by atoms with Crippen molar-refractivity contribution < 1.29 is 14.3 Å². The maximum Gasteiger partial charge on any atom is 0.320 e. The quantitative estimate of drug-likeness (QED) is 0.610. The first-order valence-electron chi connectivity index (χ1n) is 9.83. The minimum Gasteiger partial charge on any atom is -0.473 e. The first-order chi connectivity index (χ1) is 14.1. The predicted molar refractivity (Wildman–Crippen MR) is 110 cm³/mol. The number of ether oxygens (including phenoxy) is 2. The van der Waals surface area contributed by atoms with Crippen molar-refractivity contribution in [1.82, 2.24) is 20.5 Å². The van der Waals surface area contributed by atoms with Gasteiger partial charge < -0.3 is 14.8 Å². The summed E-state index contributed by atoms with van der Waals surface area (Å²) < 4.78 is 11.6. The summed E-state index contributed by atoms with van der Waals surface area (Å²) in [7, 11) is 0. The highest BCUT2D eigenvalue weighted by Crippen LogP contribution is 2.27. The standard InChI is InChI=1S/C21H25N5O3/c1-13-10-16(8-9-28-13)29-20-17-12-22-19(11-18(17)25-26-20)24-21(27)23-14(2)15-6-4-3-5-7-15/h3-7,11-14,16H,8-10H2,1-2H3,(H,25,26)(H2,22,23,24,27)/t13?,14-,16?/m1/s1. The maximum atomic E-state index is 12.3. The van der Waals surface area contributed by atoms with E-state index in [1.54, 1.807) is 12.3 Å². The van der Waals surface area contributed by atoms with E-state index in [2.05, 4.69) is 25.8 Å². The van der Waals surface area contributed by atoms with Gasteiger partial charge in [-0.25, -0.2) is 9.78 Å². The van der Waals surface area contributed by atoms with Crippen LogP contribution in [-0.2, 0) is 4.74 Å². The highest BCUT2D eigenvalue weighted by molar-refractivity contribution is 5.92. The molecule has 1 saturated heterocycles. The van der Waals surface area contributed by atoms with Crippen LogP contribution < -0.4 is 15.4 Å². The van der Waals surface area contributed by atoms with Gasteiger partial charge in [0.15, 0.2) is 0 Å². The average Bonchev–Trinajstić information content (AvgIpc) is 3.10. The summed E-state index contributed by atoms with van der Waals surface area (Å²) in [6.07, 6.45) is 3.60. The van der Waals surface area contributed by atoms with E-state index in [0.29, 0.717) is 18.3 Å². The molecule has 0 bridgehead atoms. The number of urea groups is 1. The van der Waals surface area contributed by atoms with Gasteiger partial charge in [0, 0.05) is 25.1 Å². The lowest BCUT2D eigenvalue weighted by molar-refractivity contribution is -0.0260. The number of nitrogens with one attached hydrogen (secondary N) is 3. The zero-order valence-electron chi connectivity index (χ0n) is 16.5. The lowest BCUT2D eigenvalue weighted by atomic mass is 10.1. The van der Waals surface area contributed by atoms with E-state index in [-0.39, 0.29) is 24.3 Å². The molecule has 1 aliphatic rings. The fraction of sp³-hybridized carbons (Fsp3) is 0.381. The van der Waals surface area contributed by atoms with Crippen molar-refractivity contribution in [2.24, 2.45) is 0 Å². The third kappa shape index (κ3) is 4.65. The van der Waals surface area contributed by atoms with Crippen LogP contribution in [0, 0.1) is 0 Å². The Balaban J connectivity index is 1.39. The van der Waals surface area contributed by atoms with Gasteiger partial charge >= 0.3 is 6.03 Å². The van der Waals surface area contributed by atoms with E-state index in [1.807, 2.05) is 44.2 Å². The van der Waals surface area contributed by atoms with Crippen molar-refractivity contribution in [2.45, 2.75) is 44.9 Å². The Morgan fingerprint density at radius 2 is 2.17 bits per heavy atom. The van der Waals surface area contributed by atoms with Crippen LogP contribution in [0.4, 0.5) is 10.6 Å². The van der Waals surface area contributed by atoms with Crippen LogP contribution in [-0.4, -0.2) is 40.0 Å². The van der Waals surface area contributed by atoms with Crippen LogP contribution in [0.25, 0.3) is 10.9 Å². The second-order valence-corrected chi connectivity index (χ2v) is 7.32. The van der Waals surface area contributed by atoms with E-state index in [4.69, 9.17) is 9.47 Å². The van der Waals surface area contributed by atoms with Crippen LogP contribution in [0.5, 0.6) is 5.88 Å². The van der Waals surface area contributed by atoms with Crippen molar-refractivity contribution >= 4 is 22.8 Å². The average molecular weight is 395 g/mol. The molecule has 152 valence electrons. The largest absolute Gasteiger partial charge is 0.473 e. The Morgan fingerprint density at radius 1 is 1.34 bits per heavy atom. The lowest BCUT2D eigenvalue weighted by Gasteiger charge is -2.27. The van der Waals surface area contributed by atoms with Crippen LogP contribution in [0.3, 0.4) is 0 Å². The molecular weight excluding hydrogens is 370 g/mol. The summed E-state index contributed by atoms with van der Waals surface area (Å²) in [6.45, 7) is 4.67. The van der Waals surface area contributed by atoms with Crippen molar-refractivity contribution in [3.05, 3.63) is 48.2 Å². The summed E-state index contributed by atoms with van der Waals surface area (Å²) in [4.78, 5) is 16.6. The van der Waals surface area contributed by atoms with Gasteiger partial charge in [-0.2, -0.15) is 0 Å². The van der Waals surface area contributed by atoms with Gasteiger partial charge in [0.2, 0.25) is 5.88 Å². The molecular formula is C21H25N5O3. The first-order valence-corrected chi connectivity index (χ1v) is 9.83. The molecule has 0 saturated carbocycles. The number of carbonyl (C=O) groups is 1. The van der Waals surface area contributed by atoms with E-state index >= 15 is 0 Å². The summed E-state index contributed by atoms with van der Waals surface area (Å²) in [5.74, 6) is 0.963. The Kier molecular flexibility index (Phi) is 5.62. The number of aromatic nitrogens is 3. The molecule has 0 spiro atoms. The molecule has 8 nitrogen and oxygen atoms in total. The topological polar surface area (TPSA) is 101 Å². The smallest absolute Gasteiger partial charge is 0.320 e. The number of aromatic amines is 1. The van der Waals surface area contributed by atoms with Crippen molar-refractivity contribution in [3.8, 4) is 5.88 Å². The highest BCUT2D eigenvalue weighted by atomic mass is 16.5. The molecule has 0 radical (unpaired) electrons. The molecule has 2 unspecified atom stereocenters. The Bertz CT molecular complexity index is 975. The number of carbonyl (C=O) groups excluding carboxylic acids is 1. The molecule has 29 heavy (non-hydrogen) atoms. The number of fused-ring (bicyclic) bond motifs is 1. The minimum absolute atomic E-state index is 0.0771. The molecule has 3 heterocycles. The highest BCUT2D eigenvalue weighted by Gasteiger charge is 2.22. The molecule has 8 heteroatoms. The van der Waals surface area contributed by atoms with Crippen LogP contribution >= 0.6 is 0 Å². The Morgan fingerprint density at radius 3 is 2.97 bits per heavy atom. The number of hydrogen-bond acceptors (Lipinski definition) is 5. The molecule has 3 N–H and O–H groups in total. The molecule has 0 aliphatic carbocycles. The van der Waals surface area contributed by atoms with Crippen molar-refractivity contribution in [1.29, 1.82) is 0 Å². The molecule has 1 fully saturated rings. The monoisotopic (exact) mass is 395 g/mol. The van der Waals surface area contributed by atoms with Gasteiger partial charge in [-0.15, -0.1) is 5.10 Å². The Labute approximate surface area is 169 Å². The third-order valence-electron chi connectivity index (χ3n) is 5.02. The minimum atomic E-state index is -0.319. The van der Waals surface area contributed by atoms with Gasteiger partial charge in [-0.05, 0) is 19.4 Å². The number of rotatable bonds is 5. The van der Waals surface area contributed by atoms with Gasteiger partial charge in [-0.1, -0.05) is 30.3 Å². The second-order valence-electron chi connectivity index (χ2n) is 7.32. The maximum absolute atomic E-state index is 12.3. The van der Waals surface area contributed by atoms with E-state index < -0.39 is 0 Å². The van der Waals surface area contributed by atoms with Crippen LogP contribution in [0.15, 0.2) is 42.6 Å². The summed E-state index contributed by atoms with van der Waals surface area (Å²) in [5, 5.41) is 13.7. The number of nitrogens with zero attached hydrogens (tertiary/aromatic N) is 2. The van der Waals surface area contributed by atoms with Gasteiger partial charge in [0.1, 0.15) is 11.9 Å². The number of anilines is 1. The number of hydrogen-bond donors (Lipinski definition) is 3. The number of pyridine rings is 1. The normalized spacial score (nSPS) is 20.2. The predicted octanol–water partition coefficient (Wildman–Crippen LogP) is 3.79. The molecule has 2 amide bonds. The fourth-order valence-electron chi connectivity index (χ4n) is 3.44. The first kappa shape index (κ1) is 19.2. The third-order valence-corrected chi connectivity index (χ3v) is 5.02. The molecule has 2 aromatic heterocycles. The summed E-state index contributed by atoms with van der Waals surface area (Å²) in [5.41, 5.74) is 1.78. The Hall–Kier alpha value is -3.13. The molecule has 3 atom stereocenters. The molecule has 3 aromatic rings. The number of amides is 2. The lowest BCUT2D eigenvalue weighted by Crippen LogP contribution is -2.31. The van der Waals surface area contributed by atoms with Gasteiger partial charge in [0.05, 0.1) is 29.7 Å². The number of benzene rings is 1. The second kappa shape index (κ2) is 8.48. The van der Waals surface area contributed by atoms with Gasteiger partial charge in [0.25, 0.3) is 0 Å². The fourth-order valence-corrected chi connectivity index (χ4v) is 3.44.